The standard InChI is InChI=1S/C20H20ClFN4O3/c1-12(2)11-29-19-24-17(15-7-4-8-28-15)26(25-19)14-6-3-5-13(9-14)23-18(27)20(21)10-16(20)22/h3-9,12,16H,10-11H2,1-2H3,(H,23,27)/t16-,20+/m1/s1. The van der Waals surface area contributed by atoms with Crippen molar-refractivity contribution in [2.24, 2.45) is 5.92 Å². The number of nitrogens with one attached hydrogen (secondary N) is 1. The van der Waals surface area contributed by atoms with Crippen LogP contribution in [0.15, 0.2) is 47.1 Å². The molecule has 0 spiro atoms. The molecule has 1 aliphatic carbocycles. The second-order valence-corrected chi connectivity index (χ2v) is 8.02. The first kappa shape index (κ1) is 19.4. The number of furan rings is 1. The van der Waals surface area contributed by atoms with Gasteiger partial charge in [0.2, 0.25) is 11.7 Å². The highest BCUT2D eigenvalue weighted by Gasteiger charge is 2.60. The van der Waals surface area contributed by atoms with Crippen molar-refractivity contribution in [2.75, 3.05) is 11.9 Å². The summed E-state index contributed by atoms with van der Waals surface area (Å²) in [6.07, 6.45) is 0.235. The topological polar surface area (TPSA) is 82.2 Å². The van der Waals surface area contributed by atoms with E-state index in [2.05, 4.69) is 15.4 Å². The Bertz CT molecular complexity index is 1020. The number of ether oxygens (including phenoxy) is 1. The van der Waals surface area contributed by atoms with Crippen LogP contribution in [0.5, 0.6) is 6.01 Å². The van der Waals surface area contributed by atoms with E-state index in [-0.39, 0.29) is 12.4 Å². The monoisotopic (exact) mass is 418 g/mol. The number of nitrogens with zero attached hydrogens (tertiary/aromatic N) is 3. The van der Waals surface area contributed by atoms with Gasteiger partial charge in [0.05, 0.1) is 18.6 Å². The summed E-state index contributed by atoms with van der Waals surface area (Å²) >= 11 is 5.96. The molecule has 1 aromatic carbocycles. The fourth-order valence-corrected chi connectivity index (χ4v) is 2.91. The molecule has 1 amide bonds. The summed E-state index contributed by atoms with van der Waals surface area (Å²) in [4.78, 5) is 15.2. The summed E-state index contributed by atoms with van der Waals surface area (Å²) in [5.41, 5.74) is 1.09. The Morgan fingerprint density at radius 1 is 1.45 bits per heavy atom. The molecular formula is C20H20ClFN4O3. The van der Waals surface area contributed by atoms with Gasteiger partial charge >= 0.3 is 6.01 Å². The Kier molecular flexibility index (Phi) is 5.04. The molecule has 1 fully saturated rings. The molecule has 7 nitrogen and oxygen atoms in total. The van der Waals surface area contributed by atoms with Crippen LogP contribution in [0.3, 0.4) is 0 Å². The van der Waals surface area contributed by atoms with Gasteiger partial charge < -0.3 is 14.5 Å². The lowest BCUT2D eigenvalue weighted by molar-refractivity contribution is -0.116. The van der Waals surface area contributed by atoms with E-state index in [1.807, 2.05) is 13.8 Å². The first-order valence-electron chi connectivity index (χ1n) is 9.25. The predicted molar refractivity (Wildman–Crippen MR) is 106 cm³/mol. The summed E-state index contributed by atoms with van der Waals surface area (Å²) in [6, 6.07) is 10.7. The summed E-state index contributed by atoms with van der Waals surface area (Å²) in [5, 5.41) is 7.09. The Morgan fingerprint density at radius 3 is 2.90 bits per heavy atom. The zero-order valence-corrected chi connectivity index (χ0v) is 16.7. The molecule has 0 aliphatic heterocycles. The van der Waals surface area contributed by atoms with Crippen molar-refractivity contribution >= 4 is 23.2 Å². The van der Waals surface area contributed by atoms with Gasteiger partial charge in [0, 0.05) is 12.1 Å². The van der Waals surface area contributed by atoms with Gasteiger partial charge in [0.15, 0.2) is 10.6 Å². The van der Waals surface area contributed by atoms with Crippen molar-refractivity contribution in [3.05, 3.63) is 42.7 Å². The van der Waals surface area contributed by atoms with Gasteiger partial charge in [0.25, 0.3) is 0 Å². The zero-order valence-electron chi connectivity index (χ0n) is 15.9. The number of carbonyl (C=O) groups is 1. The van der Waals surface area contributed by atoms with Crippen LogP contribution in [0.25, 0.3) is 17.3 Å². The first-order valence-corrected chi connectivity index (χ1v) is 9.63. The van der Waals surface area contributed by atoms with Crippen LogP contribution >= 0.6 is 11.6 Å². The Labute approximate surface area is 171 Å². The van der Waals surface area contributed by atoms with E-state index < -0.39 is 17.0 Å². The Hall–Kier alpha value is -2.87. The smallest absolute Gasteiger partial charge is 0.336 e. The number of amides is 1. The molecule has 0 bridgehead atoms. The number of anilines is 1. The van der Waals surface area contributed by atoms with Gasteiger partial charge in [-0.15, -0.1) is 16.7 Å². The van der Waals surface area contributed by atoms with E-state index in [4.69, 9.17) is 20.8 Å². The minimum atomic E-state index is -1.47. The van der Waals surface area contributed by atoms with Crippen molar-refractivity contribution in [3.63, 3.8) is 0 Å². The Morgan fingerprint density at radius 2 is 2.24 bits per heavy atom. The van der Waals surface area contributed by atoms with Gasteiger partial charge in [-0.2, -0.15) is 4.98 Å². The van der Waals surface area contributed by atoms with Crippen LogP contribution < -0.4 is 10.1 Å². The van der Waals surface area contributed by atoms with Gasteiger partial charge in [-0.05, 0) is 36.2 Å². The van der Waals surface area contributed by atoms with E-state index in [0.29, 0.717) is 35.5 Å². The molecule has 1 N–H and O–H groups in total. The fraction of sp³-hybridized carbons (Fsp3) is 0.350. The van der Waals surface area contributed by atoms with Gasteiger partial charge in [0.1, 0.15) is 6.17 Å². The lowest BCUT2D eigenvalue weighted by Crippen LogP contribution is -2.27. The number of benzene rings is 1. The highest BCUT2D eigenvalue weighted by Crippen LogP contribution is 2.46. The minimum Gasteiger partial charge on any atom is -0.462 e. The van der Waals surface area contributed by atoms with E-state index >= 15 is 0 Å². The molecule has 3 aromatic rings. The van der Waals surface area contributed by atoms with Crippen molar-refractivity contribution in [2.45, 2.75) is 31.3 Å². The van der Waals surface area contributed by atoms with E-state index in [1.165, 1.54) is 0 Å². The molecular weight excluding hydrogens is 399 g/mol. The molecule has 152 valence electrons. The molecule has 1 aliphatic rings. The Balaban J connectivity index is 1.64. The molecule has 0 radical (unpaired) electrons. The summed E-state index contributed by atoms with van der Waals surface area (Å²) in [7, 11) is 0. The number of halogens is 2. The largest absolute Gasteiger partial charge is 0.462 e. The third-order valence-corrected chi connectivity index (χ3v) is 4.98. The average molecular weight is 419 g/mol. The maximum absolute atomic E-state index is 13.4. The normalized spacial score (nSPS) is 20.7. The van der Waals surface area contributed by atoms with Gasteiger partial charge in [-0.1, -0.05) is 19.9 Å². The maximum Gasteiger partial charge on any atom is 0.336 e. The molecule has 0 unspecified atom stereocenters. The molecule has 2 atom stereocenters. The van der Waals surface area contributed by atoms with Gasteiger partial charge in [-0.3, -0.25) is 4.79 Å². The second kappa shape index (κ2) is 7.51. The van der Waals surface area contributed by atoms with Crippen LogP contribution in [-0.2, 0) is 4.79 Å². The number of alkyl halides is 2. The molecule has 9 heteroatoms. The average Bonchev–Trinajstić information content (AvgIpc) is 3.12. The fourth-order valence-electron chi connectivity index (χ4n) is 2.73. The van der Waals surface area contributed by atoms with Gasteiger partial charge in [-0.25, -0.2) is 9.07 Å². The molecule has 0 saturated heterocycles. The summed E-state index contributed by atoms with van der Waals surface area (Å²) in [6.45, 7) is 4.53. The van der Waals surface area contributed by atoms with E-state index in [0.717, 1.165) is 0 Å². The second-order valence-electron chi connectivity index (χ2n) is 7.35. The molecule has 29 heavy (non-hydrogen) atoms. The molecule has 2 aromatic heterocycles. The van der Waals surface area contributed by atoms with Crippen LogP contribution in [0.2, 0.25) is 0 Å². The number of rotatable bonds is 7. The highest BCUT2D eigenvalue weighted by atomic mass is 35.5. The number of carbonyl (C=O) groups excluding carboxylic acids is 1. The lowest BCUT2D eigenvalue weighted by atomic mass is 10.2. The quantitative estimate of drug-likeness (QED) is 0.581. The van der Waals surface area contributed by atoms with Crippen molar-refractivity contribution < 1.29 is 18.3 Å². The van der Waals surface area contributed by atoms with E-state index in [9.17, 15) is 9.18 Å². The van der Waals surface area contributed by atoms with Crippen molar-refractivity contribution in [1.82, 2.24) is 14.8 Å². The minimum absolute atomic E-state index is 0.0162. The third-order valence-electron chi connectivity index (χ3n) is 4.41. The lowest BCUT2D eigenvalue weighted by Gasteiger charge is -2.10. The molecule has 4 rings (SSSR count). The molecule has 1 saturated carbocycles. The van der Waals surface area contributed by atoms with Crippen molar-refractivity contribution in [1.29, 1.82) is 0 Å². The zero-order chi connectivity index (χ0) is 20.6. The van der Waals surface area contributed by atoms with Crippen molar-refractivity contribution in [3.8, 4) is 23.3 Å². The highest BCUT2D eigenvalue weighted by molar-refractivity contribution is 6.39. The third kappa shape index (κ3) is 3.98. The van der Waals surface area contributed by atoms with E-state index in [1.54, 1.807) is 47.3 Å². The summed E-state index contributed by atoms with van der Waals surface area (Å²) in [5.74, 6) is 0.730. The SMILES string of the molecule is CC(C)COc1nc(-c2ccco2)n(-c2cccc(NC(=O)[C@]3(Cl)C[C@H]3F)c2)n1. The van der Waals surface area contributed by atoms with Crippen LogP contribution in [0.4, 0.5) is 10.1 Å². The van der Waals surface area contributed by atoms with Crippen LogP contribution in [0, 0.1) is 5.92 Å². The van der Waals surface area contributed by atoms with Crippen LogP contribution in [0.1, 0.15) is 20.3 Å². The van der Waals surface area contributed by atoms with Crippen LogP contribution in [-0.4, -0.2) is 38.3 Å². The number of hydrogen-bond acceptors (Lipinski definition) is 5. The predicted octanol–water partition coefficient (Wildman–Crippen LogP) is 4.22. The molecule has 2 heterocycles. The number of hydrogen-bond donors (Lipinski definition) is 1. The number of aromatic nitrogens is 3. The summed E-state index contributed by atoms with van der Waals surface area (Å²) < 4.78 is 26.1. The first-order chi connectivity index (χ1) is 13.9. The maximum atomic E-state index is 13.4.